The van der Waals surface area contributed by atoms with Crippen molar-refractivity contribution in [1.82, 2.24) is 5.32 Å². The first-order valence-corrected chi connectivity index (χ1v) is 3.17. The van der Waals surface area contributed by atoms with Gasteiger partial charge in [0.05, 0.1) is 0 Å². The molecule has 0 fully saturated rings. The van der Waals surface area contributed by atoms with E-state index in [1.807, 2.05) is 6.20 Å². The highest BCUT2D eigenvalue weighted by Gasteiger charge is 1.91. The number of rotatable bonds is 0. The maximum absolute atomic E-state index is 3.11. The summed E-state index contributed by atoms with van der Waals surface area (Å²) in [5, 5.41) is 3.11. The maximum atomic E-state index is 3.11. The van der Waals surface area contributed by atoms with E-state index in [1.165, 1.54) is 21.2 Å². The second-order valence-corrected chi connectivity index (χ2v) is 3.23. The van der Waals surface area contributed by atoms with Crippen molar-refractivity contribution in [3.8, 4) is 0 Å². The Morgan fingerprint density at radius 2 is 2.29 bits per heavy atom. The van der Waals surface area contributed by atoms with Crippen LogP contribution in [0.15, 0.2) is 11.1 Å². The van der Waals surface area contributed by atoms with Crippen LogP contribution in [0.3, 0.4) is 0 Å². The second-order valence-electron chi connectivity index (χ2n) is 1.63. The maximum Gasteiger partial charge on any atom is 0.0373 e. The predicted octanol–water partition coefficient (Wildman–Crippen LogP) is 1.07. The van der Waals surface area contributed by atoms with Crippen LogP contribution >= 0.6 is 11.4 Å². The first-order chi connectivity index (χ1) is 3.29. The lowest BCUT2D eigenvalue weighted by Gasteiger charge is -1.85. The molecule has 0 aromatic heterocycles. The van der Waals surface area contributed by atoms with Gasteiger partial charge in [-0.2, -0.15) is 11.4 Å². The first-order valence-electron chi connectivity index (χ1n) is 2.27. The minimum absolute atomic E-state index is 1.33. The molecule has 0 aromatic rings. The van der Waals surface area contributed by atoms with Crippen LogP contribution in [0.2, 0.25) is 0 Å². The number of hydrogen-bond donors (Lipinski definition) is 2. The third kappa shape index (κ3) is 1.06. The highest BCUT2D eigenvalue weighted by molar-refractivity contribution is 8.02. The second kappa shape index (κ2) is 1.70. The van der Waals surface area contributed by atoms with E-state index in [0.717, 1.165) is 0 Å². The fourth-order valence-corrected chi connectivity index (χ4v) is 1.33. The van der Waals surface area contributed by atoms with Crippen molar-refractivity contribution in [2.75, 3.05) is 0 Å². The molecule has 40 valence electrons. The molecule has 0 unspecified atom stereocenters. The van der Waals surface area contributed by atoms with Gasteiger partial charge in [0.25, 0.3) is 0 Å². The quantitative estimate of drug-likeness (QED) is 0.355. The summed E-state index contributed by atoms with van der Waals surface area (Å²) < 4.78 is 0. The fraction of sp³-hybridized carbons (Fsp3) is 0.400. The summed E-state index contributed by atoms with van der Waals surface area (Å²) in [6, 6.07) is 0. The van der Waals surface area contributed by atoms with Gasteiger partial charge in [0.15, 0.2) is 0 Å². The molecule has 1 heterocycles. The first kappa shape index (κ1) is 4.91. The average Bonchev–Trinajstić information content (AvgIpc) is 1.87. The molecule has 0 amide bonds. The monoisotopic (exact) mass is 115 g/mol. The highest BCUT2D eigenvalue weighted by Crippen LogP contribution is 2.09. The van der Waals surface area contributed by atoms with E-state index in [9.17, 15) is 0 Å². The Labute approximate surface area is 47.4 Å². The van der Waals surface area contributed by atoms with Gasteiger partial charge in [-0.15, -0.1) is 0 Å². The summed E-state index contributed by atoms with van der Waals surface area (Å²) in [4.78, 5) is 2.73. The number of thiol groups is 1. The Balaban J connectivity index is 2.69. The molecule has 0 aliphatic carbocycles. The summed E-state index contributed by atoms with van der Waals surface area (Å²) in [7, 11) is 0. The normalized spacial score (nSPS) is 19.1. The molecule has 0 saturated carbocycles. The summed E-state index contributed by atoms with van der Waals surface area (Å²) in [5.41, 5.74) is 0. The van der Waals surface area contributed by atoms with E-state index < -0.39 is 0 Å². The molecular weight excluding hydrogens is 106 g/mol. The van der Waals surface area contributed by atoms with E-state index in [2.05, 4.69) is 19.2 Å². The Kier molecular flexibility index (Phi) is 1.19. The Morgan fingerprint density at radius 3 is 2.43 bits per heavy atom. The standard InChI is InChI=1S/C5H9NS/c1-4-3-6-5(2)7-4/h3,6-7H,1-2H3. The molecule has 1 aliphatic heterocycles. The SMILES string of the molecule is CC1=CNC(C)=[SH]1. The van der Waals surface area contributed by atoms with Crippen LogP contribution in [0.4, 0.5) is 0 Å². The molecule has 0 aromatic carbocycles. The van der Waals surface area contributed by atoms with Crippen molar-refractivity contribution < 1.29 is 0 Å². The number of allylic oxidation sites excluding steroid dienone is 1. The molecule has 2 heteroatoms. The van der Waals surface area contributed by atoms with Gasteiger partial charge >= 0.3 is 0 Å². The van der Waals surface area contributed by atoms with Crippen molar-refractivity contribution >= 4 is 16.3 Å². The molecule has 1 aliphatic rings. The molecule has 1 rings (SSSR count). The van der Waals surface area contributed by atoms with Crippen LogP contribution in [0.1, 0.15) is 13.8 Å². The summed E-state index contributed by atoms with van der Waals surface area (Å²) in [5.74, 6) is 0. The van der Waals surface area contributed by atoms with Gasteiger partial charge in [-0.25, -0.2) is 0 Å². The Bertz CT molecular complexity index is 135. The topological polar surface area (TPSA) is 12.0 Å². The van der Waals surface area contributed by atoms with Gasteiger partial charge in [-0.05, 0) is 18.8 Å². The Morgan fingerprint density at radius 1 is 1.57 bits per heavy atom. The summed E-state index contributed by atoms with van der Waals surface area (Å²) in [6.07, 6.45) is 2.04. The molecule has 0 spiro atoms. The van der Waals surface area contributed by atoms with Crippen molar-refractivity contribution in [3.05, 3.63) is 11.1 Å². The zero-order valence-corrected chi connectivity index (χ0v) is 5.42. The molecule has 0 bridgehead atoms. The van der Waals surface area contributed by atoms with Crippen molar-refractivity contribution in [3.63, 3.8) is 0 Å². The van der Waals surface area contributed by atoms with Crippen LogP contribution in [0.5, 0.6) is 0 Å². The van der Waals surface area contributed by atoms with Gasteiger partial charge in [0.2, 0.25) is 0 Å². The summed E-state index contributed by atoms with van der Waals surface area (Å²) in [6.45, 7) is 4.21. The molecule has 7 heavy (non-hydrogen) atoms. The smallest absolute Gasteiger partial charge is 0.0373 e. The number of nitrogens with one attached hydrogen (secondary N) is 1. The van der Waals surface area contributed by atoms with Gasteiger partial charge < -0.3 is 5.32 Å². The average molecular weight is 115 g/mol. The summed E-state index contributed by atoms with van der Waals surface area (Å²) >= 11 is 1.35. The lowest BCUT2D eigenvalue weighted by atomic mass is 10.6. The van der Waals surface area contributed by atoms with E-state index in [4.69, 9.17) is 0 Å². The van der Waals surface area contributed by atoms with Crippen molar-refractivity contribution in [2.45, 2.75) is 13.8 Å². The molecule has 1 nitrogen and oxygen atoms in total. The van der Waals surface area contributed by atoms with Crippen LogP contribution < -0.4 is 5.32 Å². The zero-order valence-electron chi connectivity index (χ0n) is 4.52. The van der Waals surface area contributed by atoms with E-state index in [0.29, 0.717) is 0 Å². The minimum Gasteiger partial charge on any atom is -0.360 e. The number of hydrogen-bond acceptors (Lipinski definition) is 1. The van der Waals surface area contributed by atoms with Gasteiger partial charge in [0, 0.05) is 11.2 Å². The van der Waals surface area contributed by atoms with Crippen LogP contribution in [-0.4, -0.2) is 4.99 Å². The third-order valence-corrected chi connectivity index (χ3v) is 1.78. The lowest BCUT2D eigenvalue weighted by Crippen LogP contribution is -2.05. The van der Waals surface area contributed by atoms with Crippen LogP contribution in [-0.2, 0) is 0 Å². The molecular formula is C5H9NS. The third-order valence-electron chi connectivity index (χ3n) is 0.834. The van der Waals surface area contributed by atoms with E-state index in [1.54, 1.807) is 0 Å². The van der Waals surface area contributed by atoms with Gasteiger partial charge in [-0.1, -0.05) is 0 Å². The fourth-order valence-electron chi connectivity index (χ4n) is 0.538. The van der Waals surface area contributed by atoms with Crippen LogP contribution in [0.25, 0.3) is 0 Å². The van der Waals surface area contributed by atoms with E-state index in [-0.39, 0.29) is 0 Å². The lowest BCUT2D eigenvalue weighted by molar-refractivity contribution is 1.29. The predicted molar refractivity (Wildman–Crippen MR) is 36.6 cm³/mol. The van der Waals surface area contributed by atoms with Gasteiger partial charge in [0.1, 0.15) is 0 Å². The zero-order chi connectivity index (χ0) is 5.28. The minimum atomic E-state index is 1.33. The van der Waals surface area contributed by atoms with Gasteiger partial charge in [-0.3, -0.25) is 0 Å². The van der Waals surface area contributed by atoms with Crippen molar-refractivity contribution in [1.29, 1.82) is 0 Å². The molecule has 0 radical (unpaired) electrons. The molecule has 1 N–H and O–H groups in total. The van der Waals surface area contributed by atoms with E-state index >= 15 is 0 Å². The molecule has 0 atom stereocenters. The molecule has 0 saturated heterocycles. The highest BCUT2D eigenvalue weighted by atomic mass is 32.1. The Hall–Kier alpha value is -0.240. The largest absolute Gasteiger partial charge is 0.360 e. The van der Waals surface area contributed by atoms with Crippen LogP contribution in [0, 0.1) is 0 Å². The van der Waals surface area contributed by atoms with Crippen molar-refractivity contribution in [2.24, 2.45) is 0 Å².